The first-order valence-electron chi connectivity index (χ1n) is 17.6. The number of aromatic nitrogens is 1. The number of aliphatic hydroxyl groups is 4. The van der Waals surface area contributed by atoms with Gasteiger partial charge in [0, 0.05) is 66.5 Å². The maximum Gasteiger partial charge on any atom is 0.225 e. The van der Waals surface area contributed by atoms with E-state index in [0.717, 1.165) is 70.8 Å². The lowest BCUT2D eigenvalue weighted by Crippen LogP contribution is -2.44. The van der Waals surface area contributed by atoms with Crippen molar-refractivity contribution in [1.82, 2.24) is 20.5 Å². The van der Waals surface area contributed by atoms with Crippen LogP contribution in [0.1, 0.15) is 63.0 Å². The van der Waals surface area contributed by atoms with Crippen molar-refractivity contribution in [3.05, 3.63) is 77.1 Å². The molecule has 5 rings (SSSR count). The number of hydrogen-bond acceptors (Lipinski definition) is 10. The number of thioether (sulfide) groups is 1. The molecule has 13 heteroatoms. The van der Waals surface area contributed by atoms with Crippen LogP contribution < -0.4 is 15.4 Å². The zero-order valence-corrected chi connectivity index (χ0v) is 30.5. The number of benzene rings is 2. The summed E-state index contributed by atoms with van der Waals surface area (Å²) in [6.45, 7) is 2.15. The van der Waals surface area contributed by atoms with Gasteiger partial charge in [0.15, 0.2) is 0 Å². The Kier molecular flexibility index (Phi) is 14.1. The van der Waals surface area contributed by atoms with Gasteiger partial charge in [0.05, 0.1) is 25.2 Å². The Bertz CT molecular complexity index is 1620. The molecule has 51 heavy (non-hydrogen) atoms. The normalized spacial score (nSPS) is 16.6. The summed E-state index contributed by atoms with van der Waals surface area (Å²) in [4.78, 5) is 31.4. The van der Waals surface area contributed by atoms with Gasteiger partial charge < -0.3 is 40.7 Å². The van der Waals surface area contributed by atoms with Gasteiger partial charge in [-0.3, -0.25) is 14.6 Å². The van der Waals surface area contributed by atoms with E-state index in [4.69, 9.17) is 21.4 Å². The topological polar surface area (TPSA) is 164 Å². The van der Waals surface area contributed by atoms with E-state index in [1.54, 1.807) is 11.8 Å². The number of carbonyl (C=O) groups excluding carboxylic acids is 2. The molecular weight excluding hydrogens is 692 g/mol. The zero-order valence-electron chi connectivity index (χ0n) is 29.0. The Morgan fingerprint density at radius 1 is 1.06 bits per heavy atom. The molecule has 1 aromatic heterocycles. The van der Waals surface area contributed by atoms with E-state index >= 15 is 0 Å². The molecule has 2 fully saturated rings. The largest absolute Gasteiger partial charge is 0.490 e. The monoisotopic (exact) mass is 740 g/mol. The molecule has 2 amide bonds. The molecule has 3 unspecified atom stereocenters. The van der Waals surface area contributed by atoms with Crippen molar-refractivity contribution < 1.29 is 34.8 Å². The summed E-state index contributed by atoms with van der Waals surface area (Å²) in [5.41, 5.74) is 4.19. The molecule has 0 aliphatic heterocycles. The summed E-state index contributed by atoms with van der Waals surface area (Å²) >= 11 is 8.39. The molecular formula is C38H49ClN4O7S. The van der Waals surface area contributed by atoms with E-state index in [1.165, 1.54) is 11.8 Å². The molecule has 3 aromatic rings. The molecule has 3 atom stereocenters. The summed E-state index contributed by atoms with van der Waals surface area (Å²) in [5.74, 6) is 1.08. The molecule has 2 aliphatic rings. The Labute approximate surface area is 308 Å². The van der Waals surface area contributed by atoms with Crippen molar-refractivity contribution in [1.29, 1.82) is 0 Å². The van der Waals surface area contributed by atoms with Crippen molar-refractivity contribution >= 4 is 35.2 Å². The smallest absolute Gasteiger partial charge is 0.225 e. The quantitative estimate of drug-likeness (QED) is 0.0695. The highest BCUT2D eigenvalue weighted by atomic mass is 35.5. The van der Waals surface area contributed by atoms with Crippen molar-refractivity contribution in [3.63, 3.8) is 0 Å². The van der Waals surface area contributed by atoms with Crippen LogP contribution in [0.2, 0.25) is 5.02 Å². The minimum Gasteiger partial charge on any atom is -0.490 e. The van der Waals surface area contributed by atoms with Crippen LogP contribution in [0.5, 0.6) is 5.75 Å². The number of para-hydroxylation sites is 1. The van der Waals surface area contributed by atoms with Crippen molar-refractivity contribution in [3.8, 4) is 16.9 Å². The highest BCUT2D eigenvalue weighted by Crippen LogP contribution is 2.50. The SMILES string of the molecule is CC(=O)NCCN(CCCCSc1ccc(Cl)c(CNC2(c3cnccc3-c3ccccc3OC3CC3)CC2)c1)C(=O)CC(O)C(O)C(O)CO. The molecule has 11 nitrogen and oxygen atoms in total. The first-order valence-corrected chi connectivity index (χ1v) is 19.0. The number of nitrogens with zero attached hydrogens (tertiary/aromatic N) is 2. The molecule has 6 N–H and O–H groups in total. The third kappa shape index (κ3) is 11.1. The second kappa shape index (κ2) is 18.5. The highest BCUT2D eigenvalue weighted by Gasteiger charge is 2.46. The predicted molar refractivity (Wildman–Crippen MR) is 197 cm³/mol. The standard InChI is InChI=1S/C38H49ClN4O7S/c1-25(45)41-16-18-43(36(48)21-33(46)37(49)34(47)24-44)17-4-5-19-51-28-10-11-32(39)26(20-28)22-42-38(13-14-38)31-23-40-15-12-29(31)30-6-2-3-7-35(30)50-27-8-9-27/h2-3,6-7,10-12,15,20,23,27,33-34,37,42,44,46-47,49H,4-5,8-9,13-14,16-19,21-22,24H2,1H3,(H,41,45). The number of pyridine rings is 1. The van der Waals surface area contributed by atoms with Crippen LogP contribution in [0.15, 0.2) is 65.8 Å². The molecule has 2 saturated carbocycles. The van der Waals surface area contributed by atoms with Gasteiger partial charge in [0.2, 0.25) is 11.8 Å². The summed E-state index contributed by atoms with van der Waals surface area (Å²) in [7, 11) is 0. The van der Waals surface area contributed by atoms with Gasteiger partial charge in [-0.25, -0.2) is 0 Å². The highest BCUT2D eigenvalue weighted by molar-refractivity contribution is 7.99. The van der Waals surface area contributed by atoms with Crippen LogP contribution in [-0.2, 0) is 21.7 Å². The molecule has 0 saturated heterocycles. The minimum atomic E-state index is -1.65. The first-order chi connectivity index (χ1) is 24.6. The molecule has 1 heterocycles. The first kappa shape index (κ1) is 39.0. The molecule has 0 bridgehead atoms. The maximum atomic E-state index is 12.9. The van der Waals surface area contributed by atoms with Crippen LogP contribution in [0.4, 0.5) is 0 Å². The number of hydrogen-bond donors (Lipinski definition) is 6. The zero-order chi connectivity index (χ0) is 36.4. The number of halogens is 1. The summed E-state index contributed by atoms with van der Waals surface area (Å²) < 4.78 is 6.26. The van der Waals surface area contributed by atoms with E-state index in [0.29, 0.717) is 30.6 Å². The van der Waals surface area contributed by atoms with Gasteiger partial charge in [0.1, 0.15) is 18.0 Å². The van der Waals surface area contributed by atoms with Gasteiger partial charge in [-0.05, 0) is 91.3 Å². The lowest BCUT2D eigenvalue weighted by Gasteiger charge is -2.26. The molecule has 0 radical (unpaired) electrons. The van der Waals surface area contributed by atoms with E-state index in [1.807, 2.05) is 42.7 Å². The minimum absolute atomic E-state index is 0.196. The number of ether oxygens (including phenoxy) is 1. The van der Waals surface area contributed by atoms with Gasteiger partial charge in [-0.1, -0.05) is 29.8 Å². The van der Waals surface area contributed by atoms with Crippen LogP contribution in [0, 0.1) is 0 Å². The number of rotatable bonds is 21. The second-order valence-electron chi connectivity index (χ2n) is 13.4. The van der Waals surface area contributed by atoms with Crippen molar-refractivity contribution in [2.24, 2.45) is 0 Å². The van der Waals surface area contributed by atoms with E-state index in [-0.39, 0.29) is 24.5 Å². The fourth-order valence-electron chi connectivity index (χ4n) is 5.99. The number of amides is 2. The van der Waals surface area contributed by atoms with Crippen molar-refractivity contribution in [2.75, 3.05) is 32.0 Å². The van der Waals surface area contributed by atoms with Gasteiger partial charge >= 0.3 is 0 Å². The third-order valence-electron chi connectivity index (χ3n) is 9.28. The van der Waals surface area contributed by atoms with Crippen LogP contribution >= 0.6 is 23.4 Å². The van der Waals surface area contributed by atoms with E-state index in [2.05, 4.69) is 33.8 Å². The summed E-state index contributed by atoms with van der Waals surface area (Å²) in [6.07, 6.45) is 4.64. The third-order valence-corrected chi connectivity index (χ3v) is 10.7. The Morgan fingerprint density at radius 2 is 1.84 bits per heavy atom. The number of carbonyl (C=O) groups is 2. The molecule has 2 aliphatic carbocycles. The van der Waals surface area contributed by atoms with Crippen molar-refractivity contribution in [2.45, 2.75) is 93.3 Å². The molecule has 2 aromatic carbocycles. The predicted octanol–water partition coefficient (Wildman–Crippen LogP) is 4.02. The average Bonchev–Trinajstić information content (AvgIpc) is 4.08. The summed E-state index contributed by atoms with van der Waals surface area (Å²) in [5, 5.41) is 46.0. The van der Waals surface area contributed by atoms with Crippen LogP contribution in [-0.4, -0.2) is 98.5 Å². The van der Waals surface area contributed by atoms with Gasteiger partial charge in [-0.2, -0.15) is 0 Å². The van der Waals surface area contributed by atoms with Crippen LogP contribution in [0.25, 0.3) is 11.1 Å². The second-order valence-corrected chi connectivity index (χ2v) is 14.9. The maximum absolute atomic E-state index is 12.9. The van der Waals surface area contributed by atoms with Gasteiger partial charge in [0.25, 0.3) is 0 Å². The lowest BCUT2D eigenvalue weighted by molar-refractivity contribution is -0.138. The lowest BCUT2D eigenvalue weighted by atomic mass is 9.94. The van der Waals surface area contributed by atoms with Gasteiger partial charge in [-0.15, -0.1) is 11.8 Å². The summed E-state index contributed by atoms with van der Waals surface area (Å²) in [6, 6.07) is 16.4. The molecule has 276 valence electrons. The Morgan fingerprint density at radius 3 is 2.57 bits per heavy atom. The fraction of sp³-hybridized carbons (Fsp3) is 0.500. The number of aliphatic hydroxyl groups excluding tert-OH is 4. The fourth-order valence-corrected chi connectivity index (χ4v) is 7.15. The van der Waals surface area contributed by atoms with Crippen LogP contribution in [0.3, 0.4) is 0 Å². The average molecular weight is 741 g/mol. The molecule has 0 spiro atoms. The van der Waals surface area contributed by atoms with E-state index < -0.39 is 37.2 Å². The number of unbranched alkanes of at least 4 members (excludes halogenated alkanes) is 1. The van der Waals surface area contributed by atoms with E-state index in [9.17, 15) is 24.9 Å². The Balaban J connectivity index is 1.14. The Hall–Kier alpha value is -3.23. The number of nitrogens with one attached hydrogen (secondary N) is 2.